The van der Waals surface area contributed by atoms with Gasteiger partial charge in [-0.3, -0.25) is 4.79 Å². The van der Waals surface area contributed by atoms with Crippen LogP contribution in [0.5, 0.6) is 0 Å². The Morgan fingerprint density at radius 3 is 2.86 bits per heavy atom. The molecule has 108 valence electrons. The van der Waals surface area contributed by atoms with Crippen molar-refractivity contribution in [3.8, 4) is 0 Å². The summed E-state index contributed by atoms with van der Waals surface area (Å²) in [6.07, 6.45) is 1.76. The van der Waals surface area contributed by atoms with E-state index in [1.807, 2.05) is 18.2 Å². The highest BCUT2D eigenvalue weighted by Gasteiger charge is 2.32. The number of hydrogen-bond donors (Lipinski definition) is 1. The third-order valence-electron chi connectivity index (χ3n) is 3.93. The number of benzene rings is 2. The van der Waals surface area contributed by atoms with Crippen molar-refractivity contribution in [1.29, 1.82) is 0 Å². The van der Waals surface area contributed by atoms with Crippen LogP contribution >= 0.6 is 0 Å². The Morgan fingerprint density at radius 2 is 2.05 bits per heavy atom. The van der Waals surface area contributed by atoms with Gasteiger partial charge in [0, 0.05) is 22.4 Å². The van der Waals surface area contributed by atoms with Crippen LogP contribution in [0.2, 0.25) is 0 Å². The average Bonchev–Trinajstić information content (AvgIpc) is 3.06. The van der Waals surface area contributed by atoms with Crippen LogP contribution in [0.15, 0.2) is 43.0 Å². The van der Waals surface area contributed by atoms with Gasteiger partial charge < -0.3 is 10.1 Å². The predicted octanol–water partition coefficient (Wildman–Crippen LogP) is 3.82. The topological polar surface area (TPSA) is 38.3 Å². The third kappa shape index (κ3) is 1.77. The first-order chi connectivity index (χ1) is 10.7. The summed E-state index contributed by atoms with van der Waals surface area (Å²) in [4.78, 5) is 12.3. The molecule has 4 heteroatoms. The second kappa shape index (κ2) is 4.56. The zero-order chi connectivity index (χ0) is 15.3. The van der Waals surface area contributed by atoms with Crippen LogP contribution in [0.4, 0.5) is 10.1 Å². The monoisotopic (exact) mass is 293 g/mol. The Balaban J connectivity index is 1.93. The van der Waals surface area contributed by atoms with Crippen LogP contribution in [0.25, 0.3) is 17.4 Å². The van der Waals surface area contributed by atoms with Crippen molar-refractivity contribution in [1.82, 2.24) is 0 Å². The normalized spacial score (nSPS) is 18.5. The molecule has 0 radical (unpaired) electrons. The molecule has 0 fully saturated rings. The number of carbonyl (C=O) groups excluding carboxylic acids is 1. The summed E-state index contributed by atoms with van der Waals surface area (Å²) in [5, 5.41) is 2.75. The summed E-state index contributed by atoms with van der Waals surface area (Å²) in [5.41, 5.74) is 4.40. The molecule has 1 amide bonds. The first kappa shape index (κ1) is 12.8. The van der Waals surface area contributed by atoms with Crippen LogP contribution < -0.4 is 5.32 Å². The van der Waals surface area contributed by atoms with Gasteiger partial charge in [0.05, 0.1) is 5.57 Å². The Bertz CT molecular complexity index is 867. The third-order valence-corrected chi connectivity index (χ3v) is 3.93. The smallest absolute Gasteiger partial charge is 0.260 e. The molecule has 1 N–H and O–H groups in total. The van der Waals surface area contributed by atoms with E-state index in [1.54, 1.807) is 12.1 Å². The minimum Gasteiger partial charge on any atom is -0.487 e. The summed E-state index contributed by atoms with van der Waals surface area (Å²) >= 11 is 0. The molecule has 0 saturated heterocycles. The fourth-order valence-corrected chi connectivity index (χ4v) is 2.88. The molecule has 4 rings (SSSR count). The highest BCUT2D eigenvalue weighted by molar-refractivity contribution is 6.36. The molecule has 2 aromatic rings. The second-order valence-corrected chi connectivity index (χ2v) is 5.26. The first-order valence-electron chi connectivity index (χ1n) is 6.91. The number of amides is 1. The summed E-state index contributed by atoms with van der Waals surface area (Å²) in [7, 11) is 0. The Hall–Kier alpha value is -2.88. The highest BCUT2D eigenvalue weighted by Crippen LogP contribution is 2.41. The van der Waals surface area contributed by atoms with E-state index in [0.29, 0.717) is 29.2 Å². The maximum absolute atomic E-state index is 13.5. The number of halogens is 1. The van der Waals surface area contributed by atoms with E-state index >= 15 is 0 Å². The van der Waals surface area contributed by atoms with Gasteiger partial charge >= 0.3 is 0 Å². The van der Waals surface area contributed by atoms with Gasteiger partial charge in [-0.15, -0.1) is 0 Å². The van der Waals surface area contributed by atoms with E-state index in [1.165, 1.54) is 12.1 Å². The molecule has 2 aliphatic rings. The lowest BCUT2D eigenvalue weighted by atomic mass is 9.99. The molecule has 22 heavy (non-hydrogen) atoms. The van der Waals surface area contributed by atoms with Crippen LogP contribution in [-0.4, -0.2) is 5.91 Å². The standard InChI is InChI=1S/C18H12FNO2/c1-2-10-3-5-13-11(7-10)9-22-17(13)16-14-8-12(19)4-6-15(14)20-18(16)21/h2-8H,1,9H2,(H,20,21)/b17-16+. The van der Waals surface area contributed by atoms with E-state index < -0.39 is 0 Å². The number of anilines is 1. The van der Waals surface area contributed by atoms with Crippen molar-refractivity contribution < 1.29 is 13.9 Å². The molecule has 0 bridgehead atoms. The van der Waals surface area contributed by atoms with Crippen molar-refractivity contribution in [3.63, 3.8) is 0 Å². The zero-order valence-electron chi connectivity index (χ0n) is 11.7. The van der Waals surface area contributed by atoms with Gasteiger partial charge in [-0.25, -0.2) is 4.39 Å². The largest absolute Gasteiger partial charge is 0.487 e. The predicted molar refractivity (Wildman–Crippen MR) is 83.2 cm³/mol. The Morgan fingerprint density at radius 1 is 1.18 bits per heavy atom. The summed E-state index contributed by atoms with van der Waals surface area (Å²) < 4.78 is 19.3. The van der Waals surface area contributed by atoms with E-state index in [4.69, 9.17) is 4.74 Å². The van der Waals surface area contributed by atoms with E-state index in [-0.39, 0.29) is 11.7 Å². The maximum Gasteiger partial charge on any atom is 0.260 e. The van der Waals surface area contributed by atoms with Gasteiger partial charge in [-0.05, 0) is 29.8 Å². The zero-order valence-corrected chi connectivity index (χ0v) is 11.7. The van der Waals surface area contributed by atoms with E-state index in [9.17, 15) is 9.18 Å². The van der Waals surface area contributed by atoms with Gasteiger partial charge in [0.2, 0.25) is 0 Å². The molecule has 2 heterocycles. The second-order valence-electron chi connectivity index (χ2n) is 5.26. The van der Waals surface area contributed by atoms with E-state index in [0.717, 1.165) is 16.7 Å². The van der Waals surface area contributed by atoms with Crippen LogP contribution in [0.1, 0.15) is 22.3 Å². The molecule has 0 aliphatic carbocycles. The molecule has 2 aliphatic heterocycles. The Kier molecular flexibility index (Phi) is 2.66. The van der Waals surface area contributed by atoms with Gasteiger partial charge in [0.1, 0.15) is 18.2 Å². The summed E-state index contributed by atoms with van der Waals surface area (Å²) in [6, 6.07) is 10.1. The molecule has 0 spiro atoms. The van der Waals surface area contributed by atoms with Crippen molar-refractivity contribution >= 4 is 29.0 Å². The SMILES string of the molecule is C=Cc1ccc2c(c1)CO/C2=C1/C(=O)Nc2ccc(F)cc21. The average molecular weight is 293 g/mol. The fourth-order valence-electron chi connectivity index (χ4n) is 2.88. The molecular formula is C18H12FNO2. The number of fused-ring (bicyclic) bond motifs is 2. The molecule has 2 aromatic carbocycles. The highest BCUT2D eigenvalue weighted by atomic mass is 19.1. The van der Waals surface area contributed by atoms with Gasteiger partial charge in [0.15, 0.2) is 0 Å². The van der Waals surface area contributed by atoms with Crippen molar-refractivity contribution in [2.75, 3.05) is 5.32 Å². The van der Waals surface area contributed by atoms with Gasteiger partial charge in [0.25, 0.3) is 5.91 Å². The fraction of sp³-hybridized carbons (Fsp3) is 0.0556. The van der Waals surface area contributed by atoms with Crippen molar-refractivity contribution in [2.24, 2.45) is 0 Å². The van der Waals surface area contributed by atoms with Crippen LogP contribution in [-0.2, 0) is 16.1 Å². The maximum atomic E-state index is 13.5. The molecular weight excluding hydrogens is 281 g/mol. The van der Waals surface area contributed by atoms with E-state index in [2.05, 4.69) is 11.9 Å². The number of nitrogens with one attached hydrogen (secondary N) is 1. The number of ether oxygens (including phenoxy) is 1. The number of carbonyl (C=O) groups is 1. The number of hydrogen-bond acceptors (Lipinski definition) is 2. The minimum atomic E-state index is -0.381. The van der Waals surface area contributed by atoms with Crippen molar-refractivity contribution in [3.05, 3.63) is 71.0 Å². The summed E-state index contributed by atoms with van der Waals surface area (Å²) in [6.45, 7) is 4.14. The lowest BCUT2D eigenvalue weighted by Crippen LogP contribution is -2.05. The first-order valence-corrected chi connectivity index (χ1v) is 6.91. The lowest BCUT2D eigenvalue weighted by Gasteiger charge is -2.05. The lowest BCUT2D eigenvalue weighted by molar-refractivity contribution is -0.110. The molecule has 0 unspecified atom stereocenters. The van der Waals surface area contributed by atoms with Crippen molar-refractivity contribution in [2.45, 2.75) is 6.61 Å². The summed E-state index contributed by atoms with van der Waals surface area (Å²) in [5.74, 6) is -0.141. The minimum absolute atomic E-state index is 0.267. The molecule has 0 atom stereocenters. The van der Waals surface area contributed by atoms with Gasteiger partial charge in [-0.1, -0.05) is 24.8 Å². The van der Waals surface area contributed by atoms with Crippen LogP contribution in [0.3, 0.4) is 0 Å². The molecule has 3 nitrogen and oxygen atoms in total. The van der Waals surface area contributed by atoms with Gasteiger partial charge in [-0.2, -0.15) is 0 Å². The molecule has 0 aromatic heterocycles. The van der Waals surface area contributed by atoms with Crippen LogP contribution in [0, 0.1) is 5.82 Å². The number of rotatable bonds is 1. The quantitative estimate of drug-likeness (QED) is 0.812. The molecule has 0 saturated carbocycles. The Labute approximate surface area is 126 Å².